The minimum Gasteiger partial charge on any atom is -0.366 e. The standard InChI is InChI=1S/C14H19N3O2.C13H25NO.C2H6/c1-4-5-12-11(7-6-9(2)17-12)13(16-8-18)10(3)14(15)19;1-4-6-7-12(5-2)13(15)14-9-8-11(3)10-14;1-2/h6-8H,4-5H2,1-3H3,(H2,15,19)(H,16,18);11-12H,4-10H2,1-3H3;1-2H3/b13-10-;;. The molecule has 1 saturated heterocycles. The Labute approximate surface area is 219 Å². The Morgan fingerprint density at radius 1 is 1.22 bits per heavy atom. The Morgan fingerprint density at radius 2 is 1.89 bits per heavy atom. The minimum absolute atomic E-state index is 0.287. The van der Waals surface area contributed by atoms with Gasteiger partial charge in [-0.15, -0.1) is 0 Å². The van der Waals surface area contributed by atoms with Gasteiger partial charge in [-0.2, -0.15) is 0 Å². The summed E-state index contributed by atoms with van der Waals surface area (Å²) in [5.41, 5.74) is 8.53. The first-order valence-electron chi connectivity index (χ1n) is 13.7. The number of likely N-dealkylation sites (tertiary alicyclic amines) is 1. The van der Waals surface area contributed by atoms with Crippen molar-refractivity contribution in [1.29, 1.82) is 0 Å². The Morgan fingerprint density at radius 3 is 2.36 bits per heavy atom. The lowest BCUT2D eigenvalue weighted by Gasteiger charge is -2.22. The van der Waals surface area contributed by atoms with Crippen LogP contribution in [0.4, 0.5) is 0 Å². The Balaban J connectivity index is 0.000000651. The average molecular weight is 503 g/mol. The molecular formula is C29H50N4O3. The van der Waals surface area contributed by atoms with Gasteiger partial charge >= 0.3 is 0 Å². The van der Waals surface area contributed by atoms with E-state index in [0.717, 1.165) is 55.7 Å². The van der Waals surface area contributed by atoms with E-state index in [-0.39, 0.29) is 5.92 Å². The molecule has 3 N–H and O–H groups in total. The molecule has 0 bridgehead atoms. The van der Waals surface area contributed by atoms with E-state index < -0.39 is 5.91 Å². The van der Waals surface area contributed by atoms with E-state index in [4.69, 9.17) is 5.73 Å². The van der Waals surface area contributed by atoms with Gasteiger partial charge in [0.1, 0.15) is 0 Å². The van der Waals surface area contributed by atoms with Crippen molar-refractivity contribution in [1.82, 2.24) is 15.2 Å². The zero-order valence-electron chi connectivity index (χ0n) is 23.9. The Bertz CT molecular complexity index is 851. The zero-order chi connectivity index (χ0) is 27.7. The molecule has 2 rings (SSSR count). The van der Waals surface area contributed by atoms with Crippen LogP contribution in [0.2, 0.25) is 0 Å². The molecular weight excluding hydrogens is 452 g/mol. The van der Waals surface area contributed by atoms with Gasteiger partial charge in [0.25, 0.3) is 0 Å². The number of hydrogen-bond acceptors (Lipinski definition) is 4. The number of hydrogen-bond donors (Lipinski definition) is 2. The third kappa shape index (κ3) is 10.9. The quantitative estimate of drug-likeness (QED) is 0.312. The summed E-state index contributed by atoms with van der Waals surface area (Å²) in [6.45, 7) is 18.1. The Hall–Kier alpha value is -2.70. The van der Waals surface area contributed by atoms with E-state index in [0.29, 0.717) is 29.5 Å². The smallest absolute Gasteiger partial charge is 0.246 e. The monoisotopic (exact) mass is 502 g/mol. The molecule has 1 aliphatic heterocycles. The molecule has 0 spiro atoms. The molecule has 1 fully saturated rings. The molecule has 7 nitrogen and oxygen atoms in total. The summed E-state index contributed by atoms with van der Waals surface area (Å²) in [5, 5.41) is 2.56. The molecule has 2 heterocycles. The van der Waals surface area contributed by atoms with E-state index in [2.05, 4.69) is 36.0 Å². The summed E-state index contributed by atoms with van der Waals surface area (Å²) >= 11 is 0. The first-order chi connectivity index (χ1) is 17.2. The maximum Gasteiger partial charge on any atom is 0.246 e. The summed E-state index contributed by atoms with van der Waals surface area (Å²) in [5.74, 6) is 0.843. The van der Waals surface area contributed by atoms with Gasteiger partial charge in [0.15, 0.2) is 0 Å². The molecule has 2 atom stereocenters. The molecule has 3 amide bonds. The molecule has 2 unspecified atom stereocenters. The van der Waals surface area contributed by atoms with Crippen molar-refractivity contribution in [2.75, 3.05) is 13.1 Å². The van der Waals surface area contributed by atoms with Crippen LogP contribution >= 0.6 is 0 Å². The van der Waals surface area contributed by atoms with Crippen LogP contribution in [0.25, 0.3) is 5.70 Å². The van der Waals surface area contributed by atoms with Crippen molar-refractivity contribution in [2.24, 2.45) is 17.6 Å². The summed E-state index contributed by atoms with van der Waals surface area (Å²) in [6.07, 6.45) is 7.89. The SMILES string of the molecule is CC.CCCCC(CC)C(=O)N1CCC(C)C1.CCCc1nc(C)ccc1/C(NC=O)=C(\C)C(N)=O. The van der Waals surface area contributed by atoms with Crippen LogP contribution in [0.15, 0.2) is 17.7 Å². The van der Waals surface area contributed by atoms with Crippen LogP contribution in [0.3, 0.4) is 0 Å². The number of amides is 3. The number of pyridine rings is 1. The number of rotatable bonds is 11. The number of unbranched alkanes of at least 4 members (excludes halogenated alkanes) is 1. The van der Waals surface area contributed by atoms with E-state index in [1.165, 1.54) is 19.3 Å². The number of carbonyl (C=O) groups excluding carboxylic acids is 3. The number of nitrogens with one attached hydrogen (secondary N) is 1. The molecule has 0 aromatic carbocycles. The lowest BCUT2D eigenvalue weighted by Crippen LogP contribution is -2.34. The fraction of sp³-hybridized carbons (Fsp3) is 0.655. The lowest BCUT2D eigenvalue weighted by atomic mass is 9.98. The second kappa shape index (κ2) is 18.6. The Kier molecular flexibility index (Phi) is 17.2. The fourth-order valence-corrected chi connectivity index (χ4v) is 4.18. The van der Waals surface area contributed by atoms with Gasteiger partial charge in [-0.3, -0.25) is 19.4 Å². The lowest BCUT2D eigenvalue weighted by molar-refractivity contribution is -0.135. The summed E-state index contributed by atoms with van der Waals surface area (Å²) < 4.78 is 0. The summed E-state index contributed by atoms with van der Waals surface area (Å²) in [7, 11) is 0. The highest BCUT2D eigenvalue weighted by Crippen LogP contribution is 2.22. The molecule has 1 aromatic heterocycles. The number of aryl methyl sites for hydroxylation is 2. The maximum atomic E-state index is 12.2. The van der Waals surface area contributed by atoms with Crippen LogP contribution < -0.4 is 11.1 Å². The zero-order valence-corrected chi connectivity index (χ0v) is 23.9. The molecule has 0 aliphatic carbocycles. The molecule has 36 heavy (non-hydrogen) atoms. The van der Waals surface area contributed by atoms with E-state index in [1.807, 2.05) is 39.8 Å². The van der Waals surface area contributed by atoms with Gasteiger partial charge in [0.05, 0.1) is 5.70 Å². The molecule has 0 radical (unpaired) electrons. The minimum atomic E-state index is -0.563. The molecule has 1 aromatic rings. The molecule has 7 heteroatoms. The second-order valence-corrected chi connectivity index (χ2v) is 9.25. The van der Waals surface area contributed by atoms with E-state index >= 15 is 0 Å². The van der Waals surface area contributed by atoms with Gasteiger partial charge in [0, 0.05) is 41.5 Å². The van der Waals surface area contributed by atoms with Crippen LogP contribution in [0.1, 0.15) is 104 Å². The highest BCUT2D eigenvalue weighted by atomic mass is 16.2. The van der Waals surface area contributed by atoms with Gasteiger partial charge < -0.3 is 16.0 Å². The van der Waals surface area contributed by atoms with Crippen LogP contribution in [-0.2, 0) is 20.8 Å². The average Bonchev–Trinajstić information content (AvgIpc) is 3.31. The first kappa shape index (κ1) is 33.3. The number of nitrogens with two attached hydrogens (primary N) is 1. The van der Waals surface area contributed by atoms with Gasteiger partial charge in [-0.1, -0.05) is 60.8 Å². The number of primary amides is 1. The molecule has 204 valence electrons. The number of aromatic nitrogens is 1. The van der Waals surface area contributed by atoms with Gasteiger partial charge in [-0.25, -0.2) is 0 Å². The molecule has 1 aliphatic rings. The van der Waals surface area contributed by atoms with Gasteiger partial charge in [-0.05, 0) is 57.6 Å². The third-order valence-electron chi connectivity index (χ3n) is 6.30. The normalized spacial score (nSPS) is 16.0. The highest BCUT2D eigenvalue weighted by Gasteiger charge is 2.27. The summed E-state index contributed by atoms with van der Waals surface area (Å²) in [6, 6.07) is 3.70. The third-order valence-corrected chi connectivity index (χ3v) is 6.30. The van der Waals surface area contributed by atoms with E-state index in [1.54, 1.807) is 6.92 Å². The highest BCUT2D eigenvalue weighted by molar-refractivity contribution is 6.00. The first-order valence-corrected chi connectivity index (χ1v) is 13.7. The van der Waals surface area contributed by atoms with Crippen molar-refractivity contribution in [2.45, 2.75) is 100 Å². The van der Waals surface area contributed by atoms with Crippen LogP contribution in [-0.4, -0.2) is 41.2 Å². The number of nitrogens with zero attached hydrogens (tertiary/aromatic N) is 2. The van der Waals surface area contributed by atoms with Crippen molar-refractivity contribution in [3.8, 4) is 0 Å². The fourth-order valence-electron chi connectivity index (χ4n) is 4.18. The van der Waals surface area contributed by atoms with Crippen molar-refractivity contribution in [3.63, 3.8) is 0 Å². The van der Waals surface area contributed by atoms with Crippen LogP contribution in [0.5, 0.6) is 0 Å². The topological polar surface area (TPSA) is 105 Å². The predicted octanol–water partition coefficient (Wildman–Crippen LogP) is 5.40. The van der Waals surface area contributed by atoms with Crippen molar-refractivity contribution < 1.29 is 14.4 Å². The maximum absolute atomic E-state index is 12.2. The van der Waals surface area contributed by atoms with Crippen molar-refractivity contribution in [3.05, 3.63) is 34.7 Å². The van der Waals surface area contributed by atoms with Gasteiger partial charge in [0.2, 0.25) is 18.2 Å². The largest absolute Gasteiger partial charge is 0.366 e. The number of carbonyl (C=O) groups is 3. The second-order valence-electron chi connectivity index (χ2n) is 9.25. The molecule has 0 saturated carbocycles. The van der Waals surface area contributed by atoms with Crippen molar-refractivity contribution >= 4 is 23.9 Å². The van der Waals surface area contributed by atoms with Crippen LogP contribution in [0, 0.1) is 18.8 Å². The summed E-state index contributed by atoms with van der Waals surface area (Å²) in [4.78, 5) is 40.7. The predicted molar refractivity (Wildman–Crippen MR) is 149 cm³/mol. The van der Waals surface area contributed by atoms with E-state index in [9.17, 15) is 14.4 Å².